The minimum atomic E-state index is 0.0100. The molecule has 4 aromatic heterocycles. The molecule has 0 fully saturated rings. The molecule has 0 spiro atoms. The van der Waals surface area contributed by atoms with E-state index in [4.69, 9.17) is 11.6 Å². The Labute approximate surface area is 211 Å². The van der Waals surface area contributed by atoms with E-state index in [0.29, 0.717) is 17.2 Å². The van der Waals surface area contributed by atoms with Gasteiger partial charge in [0, 0.05) is 21.8 Å². The number of hydrogen-bond acceptors (Lipinski definition) is 8. The highest BCUT2D eigenvalue weighted by Gasteiger charge is 2.26. The first-order valence-electron chi connectivity index (χ1n) is 11.5. The van der Waals surface area contributed by atoms with E-state index in [2.05, 4.69) is 57.9 Å². The second-order valence-corrected chi connectivity index (χ2v) is 12.0. The van der Waals surface area contributed by atoms with Gasteiger partial charge in [-0.05, 0) is 77.8 Å². The first-order chi connectivity index (χ1) is 16.3. The van der Waals surface area contributed by atoms with E-state index >= 15 is 0 Å². The van der Waals surface area contributed by atoms with E-state index in [0.717, 1.165) is 52.5 Å². The molecule has 180 valence electrons. The smallest absolute Gasteiger partial charge is 0.259 e. The van der Waals surface area contributed by atoms with Gasteiger partial charge in [0.2, 0.25) is 0 Å². The molecule has 2 aliphatic rings. The summed E-state index contributed by atoms with van der Waals surface area (Å²) in [4.78, 5) is 36.5. The van der Waals surface area contributed by atoms with Crippen molar-refractivity contribution in [2.24, 2.45) is 0 Å². The van der Waals surface area contributed by atoms with Gasteiger partial charge in [0.05, 0.1) is 17.1 Å². The number of likely N-dealkylation sites (N-methyl/N-ethyl adjacent to an activating group) is 2. The summed E-state index contributed by atoms with van der Waals surface area (Å²) in [5.74, 6) is 0. The predicted octanol–water partition coefficient (Wildman–Crippen LogP) is 4.17. The normalized spacial score (nSPS) is 19.9. The number of aromatic amines is 1. The monoisotopic (exact) mass is 516 g/mol. The van der Waals surface area contributed by atoms with Crippen molar-refractivity contribution in [1.29, 1.82) is 0 Å². The molecule has 0 saturated carbocycles. The van der Waals surface area contributed by atoms with Crippen LogP contribution in [0.5, 0.6) is 0 Å². The third-order valence-corrected chi connectivity index (χ3v) is 9.67. The third kappa shape index (κ3) is 4.40. The molecule has 0 aromatic carbocycles. The van der Waals surface area contributed by atoms with Gasteiger partial charge in [-0.15, -0.1) is 22.7 Å². The number of fused-ring (bicyclic) bond motifs is 6. The van der Waals surface area contributed by atoms with Gasteiger partial charge in [-0.3, -0.25) is 4.79 Å². The SMILES string of the molecule is CN(C)C1CCc2c(sc3nc[nH]c(=O)c23)C1.CN(C)C1CCc2c(sc3ncnc(Cl)c23)C1. The second-order valence-electron chi connectivity index (χ2n) is 9.48. The summed E-state index contributed by atoms with van der Waals surface area (Å²) < 4.78 is 0. The van der Waals surface area contributed by atoms with Crippen molar-refractivity contribution < 1.29 is 0 Å². The van der Waals surface area contributed by atoms with E-state index < -0.39 is 0 Å². The highest BCUT2D eigenvalue weighted by atomic mass is 35.5. The van der Waals surface area contributed by atoms with Crippen LogP contribution in [0.15, 0.2) is 17.4 Å². The second kappa shape index (κ2) is 9.62. The Bertz CT molecular complexity index is 1390. The van der Waals surface area contributed by atoms with Crippen LogP contribution in [0, 0.1) is 0 Å². The van der Waals surface area contributed by atoms with Gasteiger partial charge in [-0.25, -0.2) is 15.0 Å². The number of nitrogens with one attached hydrogen (secondary N) is 1. The maximum Gasteiger partial charge on any atom is 0.259 e. The van der Waals surface area contributed by atoms with Gasteiger partial charge in [0.15, 0.2) is 0 Å². The summed E-state index contributed by atoms with van der Waals surface area (Å²) in [6.45, 7) is 0. The highest BCUT2D eigenvalue weighted by molar-refractivity contribution is 7.19. The summed E-state index contributed by atoms with van der Waals surface area (Å²) in [6.07, 6.45) is 9.60. The molecule has 1 N–H and O–H groups in total. The largest absolute Gasteiger partial charge is 0.313 e. The molecular formula is C24H29ClN6OS2. The van der Waals surface area contributed by atoms with Crippen LogP contribution in [0.2, 0.25) is 5.15 Å². The zero-order valence-corrected chi connectivity index (χ0v) is 22.3. The lowest BCUT2D eigenvalue weighted by molar-refractivity contribution is 0.270. The van der Waals surface area contributed by atoms with Crippen LogP contribution < -0.4 is 5.56 Å². The maximum absolute atomic E-state index is 11.8. The van der Waals surface area contributed by atoms with Gasteiger partial charge in [0.25, 0.3) is 5.56 Å². The van der Waals surface area contributed by atoms with Crippen molar-refractivity contribution in [3.8, 4) is 0 Å². The molecule has 0 aliphatic heterocycles. The number of rotatable bonds is 2. The summed E-state index contributed by atoms with van der Waals surface area (Å²) >= 11 is 9.63. The van der Waals surface area contributed by atoms with Crippen LogP contribution in [-0.4, -0.2) is 70.0 Å². The number of aryl methyl sites for hydroxylation is 2. The van der Waals surface area contributed by atoms with Crippen molar-refractivity contribution in [2.75, 3.05) is 28.2 Å². The lowest BCUT2D eigenvalue weighted by Gasteiger charge is -2.28. The number of thiophene rings is 2. The lowest BCUT2D eigenvalue weighted by atomic mass is 9.92. The average molecular weight is 517 g/mol. The first kappa shape index (κ1) is 23.8. The molecule has 0 saturated heterocycles. The molecule has 4 heterocycles. The Morgan fingerprint density at radius 3 is 2.03 bits per heavy atom. The van der Waals surface area contributed by atoms with Gasteiger partial charge in [0.1, 0.15) is 21.1 Å². The van der Waals surface area contributed by atoms with Gasteiger partial charge < -0.3 is 14.8 Å². The first-order valence-corrected chi connectivity index (χ1v) is 13.6. The fourth-order valence-electron chi connectivity index (χ4n) is 5.04. The molecule has 7 nitrogen and oxygen atoms in total. The minimum Gasteiger partial charge on any atom is -0.313 e. The summed E-state index contributed by atoms with van der Waals surface area (Å²) in [6, 6.07) is 1.23. The van der Waals surface area contributed by atoms with Gasteiger partial charge in [-0.1, -0.05) is 11.6 Å². The van der Waals surface area contributed by atoms with E-state index in [1.54, 1.807) is 29.0 Å². The van der Waals surface area contributed by atoms with E-state index in [1.165, 1.54) is 33.6 Å². The fraction of sp³-hybridized carbons (Fsp3) is 0.500. The molecule has 4 aromatic rings. The highest BCUT2D eigenvalue weighted by Crippen LogP contribution is 2.38. The van der Waals surface area contributed by atoms with Crippen LogP contribution in [0.1, 0.15) is 33.7 Å². The molecule has 6 rings (SSSR count). The molecule has 0 bridgehead atoms. The summed E-state index contributed by atoms with van der Waals surface area (Å²) in [5, 5.41) is 2.52. The fourth-order valence-corrected chi connectivity index (χ4v) is 7.86. The van der Waals surface area contributed by atoms with E-state index in [-0.39, 0.29) is 5.56 Å². The number of aromatic nitrogens is 4. The lowest BCUT2D eigenvalue weighted by Crippen LogP contribution is -2.33. The maximum atomic E-state index is 11.8. The molecule has 0 amide bonds. The molecule has 2 atom stereocenters. The van der Waals surface area contributed by atoms with Crippen molar-refractivity contribution in [1.82, 2.24) is 29.7 Å². The van der Waals surface area contributed by atoms with Crippen molar-refractivity contribution >= 4 is 54.7 Å². The van der Waals surface area contributed by atoms with Crippen molar-refractivity contribution in [3.63, 3.8) is 0 Å². The van der Waals surface area contributed by atoms with Crippen molar-refractivity contribution in [3.05, 3.63) is 49.0 Å². The van der Waals surface area contributed by atoms with Crippen LogP contribution in [-0.2, 0) is 25.7 Å². The Morgan fingerprint density at radius 2 is 1.44 bits per heavy atom. The third-order valence-electron chi connectivity index (χ3n) is 7.06. The van der Waals surface area contributed by atoms with Crippen molar-refractivity contribution in [2.45, 2.75) is 50.6 Å². The Balaban J connectivity index is 0.000000142. The Morgan fingerprint density at radius 1 is 0.882 bits per heavy atom. The van der Waals surface area contributed by atoms with Crippen LogP contribution in [0.25, 0.3) is 20.4 Å². The van der Waals surface area contributed by atoms with E-state index in [1.807, 2.05) is 0 Å². The zero-order chi connectivity index (χ0) is 24.0. The Hall–Kier alpha value is -1.91. The number of H-pyrrole nitrogens is 1. The number of nitrogens with zero attached hydrogens (tertiary/aromatic N) is 5. The topological polar surface area (TPSA) is 78.0 Å². The summed E-state index contributed by atoms with van der Waals surface area (Å²) in [5.41, 5.74) is 2.63. The number of halogens is 1. The summed E-state index contributed by atoms with van der Waals surface area (Å²) in [7, 11) is 8.54. The zero-order valence-electron chi connectivity index (χ0n) is 19.9. The van der Waals surface area contributed by atoms with Crippen LogP contribution in [0.3, 0.4) is 0 Å². The van der Waals surface area contributed by atoms with E-state index in [9.17, 15) is 4.79 Å². The molecular weight excluding hydrogens is 488 g/mol. The number of hydrogen-bond donors (Lipinski definition) is 1. The van der Waals surface area contributed by atoms with Crippen LogP contribution >= 0.6 is 34.3 Å². The molecule has 2 unspecified atom stereocenters. The van der Waals surface area contributed by atoms with Gasteiger partial charge in [-0.2, -0.15) is 0 Å². The molecule has 34 heavy (non-hydrogen) atoms. The molecule has 10 heteroatoms. The minimum absolute atomic E-state index is 0.0100. The molecule has 0 radical (unpaired) electrons. The average Bonchev–Trinajstić information content (AvgIpc) is 3.37. The Kier molecular flexibility index (Phi) is 6.74. The predicted molar refractivity (Wildman–Crippen MR) is 142 cm³/mol. The standard InChI is InChI=1S/C12H14ClN3S.C12H15N3OS/c1-16(2)7-3-4-8-9(5-7)17-12-10(8)11(13)14-6-15-12;1-15(2)7-3-4-8-9(5-7)17-12-10(8)11(16)13-6-14-12/h6-7H,3-5H2,1-2H3;6-7H,3-5H2,1-2H3,(H,13,14,16). The van der Waals surface area contributed by atoms with Crippen LogP contribution in [0.4, 0.5) is 0 Å². The quantitative estimate of drug-likeness (QED) is 0.403. The molecule has 2 aliphatic carbocycles. The van der Waals surface area contributed by atoms with Gasteiger partial charge >= 0.3 is 0 Å².